The van der Waals surface area contributed by atoms with Gasteiger partial charge in [-0.05, 0) is 44.8 Å². The highest BCUT2D eigenvalue weighted by molar-refractivity contribution is 6.13. The Balaban J connectivity index is 0.00000120. The summed E-state index contributed by atoms with van der Waals surface area (Å²) in [6.07, 6.45) is 1.91. The first-order valence-electron chi connectivity index (χ1n) is 5.78. The third-order valence-corrected chi connectivity index (χ3v) is 3.47. The highest BCUT2D eigenvalue weighted by Gasteiger charge is 2.07. The minimum Gasteiger partial charge on any atom is -0.0984 e. The molecule has 0 spiro atoms. The maximum atomic E-state index is 4.14. The zero-order chi connectivity index (χ0) is 12.0. The Morgan fingerprint density at radius 1 is 0.944 bits per heavy atom. The summed E-state index contributed by atoms with van der Waals surface area (Å²) in [6.45, 7) is 10.2. The molecule has 0 aliphatic heterocycles. The van der Waals surface area contributed by atoms with Gasteiger partial charge in [-0.15, -0.1) is 0 Å². The fourth-order valence-corrected chi connectivity index (χ4v) is 2.56. The third kappa shape index (κ3) is 1.53. The molecule has 0 aliphatic carbocycles. The molecular weight excluding hydrogens is 216 g/mol. The van der Waals surface area contributed by atoms with Crippen molar-refractivity contribution in [3.63, 3.8) is 0 Å². The van der Waals surface area contributed by atoms with E-state index in [2.05, 4.69) is 56.5 Å². The summed E-state index contributed by atoms with van der Waals surface area (Å²) in [5.41, 5.74) is 2.47. The summed E-state index contributed by atoms with van der Waals surface area (Å²) in [5, 5.41) is 6.21. The third-order valence-electron chi connectivity index (χ3n) is 3.47. The molecule has 0 bridgehead atoms. The predicted octanol–water partition coefficient (Wildman–Crippen LogP) is 4.71. The largest absolute Gasteiger partial charge is 0.0984 e. The summed E-state index contributed by atoms with van der Waals surface area (Å²) in [6, 6.07) is 12.9. The van der Waals surface area contributed by atoms with E-state index in [4.69, 9.17) is 0 Å². The minimum absolute atomic E-state index is 0. The van der Waals surface area contributed by atoms with Gasteiger partial charge in [0.1, 0.15) is 0 Å². The molecule has 3 aromatic carbocycles. The van der Waals surface area contributed by atoms with Crippen molar-refractivity contribution in [2.75, 3.05) is 0 Å². The van der Waals surface area contributed by atoms with E-state index >= 15 is 0 Å². The van der Waals surface area contributed by atoms with Crippen LogP contribution in [-0.4, -0.2) is 0 Å². The molecule has 0 heterocycles. The molecular formula is C18H18. The molecule has 0 saturated carbocycles. The normalized spacial score (nSPS) is 10.5. The lowest BCUT2D eigenvalue weighted by Gasteiger charge is -2.11. The molecule has 3 rings (SSSR count). The van der Waals surface area contributed by atoms with E-state index < -0.39 is 0 Å². The van der Waals surface area contributed by atoms with Gasteiger partial charge in [-0.25, -0.2) is 0 Å². The number of rotatable bonds is 1. The Bertz CT molecular complexity index is 779. The zero-order valence-electron chi connectivity index (χ0n) is 9.96. The van der Waals surface area contributed by atoms with Crippen molar-refractivity contribution in [1.82, 2.24) is 0 Å². The van der Waals surface area contributed by atoms with Crippen molar-refractivity contribution in [3.8, 4) is 0 Å². The van der Waals surface area contributed by atoms with Gasteiger partial charge < -0.3 is 0 Å². The van der Waals surface area contributed by atoms with Gasteiger partial charge in [-0.1, -0.05) is 63.1 Å². The number of hydrogen-bond acceptors (Lipinski definition) is 0. The Labute approximate surface area is 108 Å². The molecule has 0 atom stereocenters. The average Bonchev–Trinajstić information content (AvgIpc) is 2.36. The van der Waals surface area contributed by atoms with Crippen LogP contribution in [0.1, 0.15) is 18.6 Å². The molecule has 0 amide bonds. The SMILES string of the molecule is C.C=Cc1ccc2c(C)ccc3ccc(=C)c1c32. The highest BCUT2D eigenvalue weighted by Crippen LogP contribution is 2.29. The van der Waals surface area contributed by atoms with Crippen LogP contribution < -0.4 is 5.22 Å². The maximum Gasteiger partial charge on any atom is -0.00244 e. The van der Waals surface area contributed by atoms with Crippen LogP contribution in [-0.2, 0) is 0 Å². The maximum absolute atomic E-state index is 4.14. The zero-order valence-corrected chi connectivity index (χ0v) is 9.96. The van der Waals surface area contributed by atoms with Gasteiger partial charge in [0.25, 0.3) is 0 Å². The van der Waals surface area contributed by atoms with E-state index in [1.54, 1.807) is 0 Å². The monoisotopic (exact) mass is 234 g/mol. The summed E-state index contributed by atoms with van der Waals surface area (Å²) < 4.78 is 0. The smallest absolute Gasteiger partial charge is 0.00244 e. The summed E-state index contributed by atoms with van der Waals surface area (Å²) in [5.74, 6) is 0. The second-order valence-corrected chi connectivity index (χ2v) is 4.49. The van der Waals surface area contributed by atoms with Crippen molar-refractivity contribution in [3.05, 3.63) is 59.3 Å². The Kier molecular flexibility index (Phi) is 2.96. The molecule has 0 fully saturated rings. The quantitative estimate of drug-likeness (QED) is 0.572. The van der Waals surface area contributed by atoms with Crippen molar-refractivity contribution in [2.45, 2.75) is 14.4 Å². The molecule has 0 nitrogen and oxygen atoms in total. The summed E-state index contributed by atoms with van der Waals surface area (Å²) in [4.78, 5) is 0. The predicted molar refractivity (Wildman–Crippen MR) is 83.8 cm³/mol. The van der Waals surface area contributed by atoms with Gasteiger partial charge in [0.15, 0.2) is 0 Å². The molecule has 0 heteroatoms. The first-order valence-corrected chi connectivity index (χ1v) is 5.78. The van der Waals surface area contributed by atoms with Crippen LogP contribution in [0.3, 0.4) is 0 Å². The van der Waals surface area contributed by atoms with Gasteiger partial charge in [-0.2, -0.15) is 0 Å². The topological polar surface area (TPSA) is 0 Å². The van der Waals surface area contributed by atoms with Crippen LogP contribution >= 0.6 is 0 Å². The van der Waals surface area contributed by atoms with Crippen LogP contribution in [0.4, 0.5) is 0 Å². The van der Waals surface area contributed by atoms with E-state index in [1.165, 1.54) is 32.7 Å². The molecule has 0 aromatic heterocycles. The fourth-order valence-electron chi connectivity index (χ4n) is 2.56. The van der Waals surface area contributed by atoms with Crippen molar-refractivity contribution >= 4 is 34.2 Å². The minimum atomic E-state index is 0. The number of benzene rings is 3. The van der Waals surface area contributed by atoms with E-state index in [1.807, 2.05) is 6.08 Å². The van der Waals surface area contributed by atoms with Gasteiger partial charge in [0.2, 0.25) is 0 Å². The second kappa shape index (κ2) is 4.30. The average molecular weight is 234 g/mol. The lowest BCUT2D eigenvalue weighted by Crippen LogP contribution is -2.01. The molecule has 0 aliphatic rings. The number of aryl methyl sites for hydroxylation is 1. The van der Waals surface area contributed by atoms with E-state index in [0.717, 1.165) is 5.22 Å². The van der Waals surface area contributed by atoms with Crippen molar-refractivity contribution in [2.24, 2.45) is 0 Å². The van der Waals surface area contributed by atoms with Crippen LogP contribution in [0, 0.1) is 6.92 Å². The Morgan fingerprint density at radius 3 is 2.39 bits per heavy atom. The van der Waals surface area contributed by atoms with E-state index in [0.29, 0.717) is 0 Å². The van der Waals surface area contributed by atoms with Gasteiger partial charge in [0.05, 0.1) is 0 Å². The first-order chi connectivity index (χ1) is 8.22. The van der Waals surface area contributed by atoms with Crippen LogP contribution in [0.5, 0.6) is 0 Å². The lowest BCUT2D eigenvalue weighted by atomic mass is 9.93. The highest BCUT2D eigenvalue weighted by atomic mass is 14.1. The molecule has 90 valence electrons. The lowest BCUT2D eigenvalue weighted by molar-refractivity contribution is 1.54. The Morgan fingerprint density at radius 2 is 1.67 bits per heavy atom. The van der Waals surface area contributed by atoms with Crippen LogP contribution in [0.15, 0.2) is 43.0 Å². The van der Waals surface area contributed by atoms with Crippen LogP contribution in [0.2, 0.25) is 0 Å². The van der Waals surface area contributed by atoms with Gasteiger partial charge >= 0.3 is 0 Å². The molecule has 3 aromatic rings. The van der Waals surface area contributed by atoms with Gasteiger partial charge in [0, 0.05) is 0 Å². The first kappa shape index (κ1) is 12.4. The standard InChI is InChI=1S/C17H14.CH4/c1-4-13-9-10-15-11(2)5-7-14-8-6-12(3)16(13)17(14)15;/h4-10H,1,3H2,2H3;1H4. The Hall–Kier alpha value is -2.08. The molecule has 0 unspecified atom stereocenters. The molecule has 0 N–H and O–H groups in total. The summed E-state index contributed by atoms with van der Waals surface area (Å²) >= 11 is 0. The van der Waals surface area contributed by atoms with Crippen LogP contribution in [0.25, 0.3) is 34.2 Å². The summed E-state index contributed by atoms with van der Waals surface area (Å²) in [7, 11) is 0. The van der Waals surface area contributed by atoms with Crippen molar-refractivity contribution in [1.29, 1.82) is 0 Å². The molecule has 18 heavy (non-hydrogen) atoms. The molecule has 0 radical (unpaired) electrons. The number of hydrogen-bond donors (Lipinski definition) is 0. The van der Waals surface area contributed by atoms with Gasteiger partial charge in [-0.3, -0.25) is 0 Å². The van der Waals surface area contributed by atoms with E-state index in [9.17, 15) is 0 Å². The van der Waals surface area contributed by atoms with E-state index in [-0.39, 0.29) is 7.43 Å². The second-order valence-electron chi connectivity index (χ2n) is 4.49. The molecule has 0 saturated heterocycles. The van der Waals surface area contributed by atoms with Crippen molar-refractivity contribution < 1.29 is 0 Å². The fraction of sp³-hybridized carbons (Fsp3) is 0.111.